The molecule has 1 amide bonds. The molecule has 0 bridgehead atoms. The van der Waals surface area contributed by atoms with Crippen LogP contribution in [0.15, 0.2) is 59.9 Å². The third-order valence-electron chi connectivity index (χ3n) is 5.00. The van der Waals surface area contributed by atoms with Crippen LogP contribution in [0.25, 0.3) is 16.7 Å². The maximum absolute atomic E-state index is 12.9. The van der Waals surface area contributed by atoms with E-state index in [1.54, 1.807) is 26.5 Å². The summed E-state index contributed by atoms with van der Waals surface area (Å²) in [5.41, 5.74) is 3.46. The summed E-state index contributed by atoms with van der Waals surface area (Å²) in [5.74, 6) is 1.43. The maximum Gasteiger partial charge on any atom is 0.238 e. The minimum absolute atomic E-state index is 0.222. The molecule has 1 unspecified atom stereocenters. The van der Waals surface area contributed by atoms with Gasteiger partial charge in [-0.25, -0.2) is 9.97 Å². The molecule has 0 radical (unpaired) electrons. The van der Waals surface area contributed by atoms with Gasteiger partial charge in [0.05, 0.1) is 41.2 Å². The van der Waals surface area contributed by atoms with Crippen LogP contribution in [0.4, 0.5) is 5.82 Å². The molecule has 33 heavy (non-hydrogen) atoms. The number of nitrogens with zero attached hydrogens (tertiary/aromatic N) is 3. The quantitative estimate of drug-likeness (QED) is 0.349. The zero-order valence-corrected chi connectivity index (χ0v) is 20.2. The summed E-state index contributed by atoms with van der Waals surface area (Å²) < 4.78 is 12.9. The van der Waals surface area contributed by atoms with Crippen molar-refractivity contribution in [1.82, 2.24) is 14.5 Å². The van der Waals surface area contributed by atoms with E-state index in [1.807, 2.05) is 60.9 Å². The number of para-hydroxylation sites is 2. The fraction of sp³-hybridized carbons (Fsp3) is 0.208. The number of anilines is 1. The number of imidazole rings is 1. The second-order valence-corrected chi connectivity index (χ2v) is 9.10. The fourth-order valence-corrected chi connectivity index (χ4v) is 4.52. The highest BCUT2D eigenvalue weighted by Crippen LogP contribution is 2.34. The lowest BCUT2D eigenvalue weighted by Crippen LogP contribution is -2.23. The minimum Gasteiger partial charge on any atom is -0.497 e. The molecule has 0 fully saturated rings. The Morgan fingerprint density at radius 3 is 2.48 bits per heavy atom. The first kappa shape index (κ1) is 22.9. The summed E-state index contributed by atoms with van der Waals surface area (Å²) in [5, 5.41) is 3.40. The molecule has 2 aromatic carbocycles. The van der Waals surface area contributed by atoms with Crippen LogP contribution < -0.4 is 14.8 Å². The van der Waals surface area contributed by atoms with Crippen molar-refractivity contribution in [3.05, 3.63) is 65.3 Å². The van der Waals surface area contributed by atoms with E-state index in [-0.39, 0.29) is 5.91 Å². The Balaban J connectivity index is 1.69. The fourth-order valence-electron chi connectivity index (χ4n) is 3.31. The van der Waals surface area contributed by atoms with Gasteiger partial charge in [-0.3, -0.25) is 9.36 Å². The summed E-state index contributed by atoms with van der Waals surface area (Å²) in [6.45, 7) is 3.71. The minimum atomic E-state index is -0.466. The van der Waals surface area contributed by atoms with Gasteiger partial charge in [-0.15, -0.1) is 0 Å². The predicted molar refractivity (Wildman–Crippen MR) is 132 cm³/mol. The number of carbonyl (C=O) groups is 1. The van der Waals surface area contributed by atoms with E-state index in [2.05, 4.69) is 10.3 Å². The highest BCUT2D eigenvalue weighted by Gasteiger charge is 2.22. The van der Waals surface area contributed by atoms with E-state index >= 15 is 0 Å². The van der Waals surface area contributed by atoms with E-state index in [1.165, 1.54) is 11.8 Å². The Morgan fingerprint density at radius 1 is 1.12 bits per heavy atom. The van der Waals surface area contributed by atoms with Gasteiger partial charge < -0.3 is 14.8 Å². The van der Waals surface area contributed by atoms with Gasteiger partial charge in [0, 0.05) is 24.4 Å². The van der Waals surface area contributed by atoms with E-state index in [9.17, 15) is 4.79 Å². The molecule has 2 aromatic heterocycles. The van der Waals surface area contributed by atoms with E-state index in [0.717, 1.165) is 22.3 Å². The van der Waals surface area contributed by atoms with Crippen molar-refractivity contribution in [3.8, 4) is 17.2 Å². The smallest absolute Gasteiger partial charge is 0.238 e. The Hall–Kier alpha value is -3.23. The van der Waals surface area contributed by atoms with Crippen molar-refractivity contribution < 1.29 is 14.3 Å². The molecule has 0 aliphatic rings. The third-order valence-corrected chi connectivity index (χ3v) is 6.34. The first-order chi connectivity index (χ1) is 15.9. The summed E-state index contributed by atoms with van der Waals surface area (Å²) >= 11 is 7.57. The Kier molecular flexibility index (Phi) is 6.76. The molecular formula is C24H23ClN4O3S. The number of aryl methyl sites for hydroxylation is 1. The Morgan fingerprint density at radius 2 is 1.82 bits per heavy atom. The summed E-state index contributed by atoms with van der Waals surface area (Å²) in [7, 11) is 3.22. The van der Waals surface area contributed by atoms with Crippen molar-refractivity contribution >= 4 is 46.1 Å². The number of carbonyl (C=O) groups excluding carboxylic acids is 1. The lowest BCUT2D eigenvalue weighted by Gasteiger charge is -2.15. The highest BCUT2D eigenvalue weighted by molar-refractivity contribution is 8.00. The molecule has 1 N–H and O–H groups in total. The topological polar surface area (TPSA) is 78.3 Å². The van der Waals surface area contributed by atoms with Crippen LogP contribution in [0.3, 0.4) is 0 Å². The van der Waals surface area contributed by atoms with Crippen molar-refractivity contribution in [2.75, 3.05) is 19.5 Å². The van der Waals surface area contributed by atoms with Crippen molar-refractivity contribution in [3.63, 3.8) is 0 Å². The molecule has 4 rings (SSSR count). The number of nitrogens with one attached hydrogen (secondary N) is 1. The molecule has 0 saturated carbocycles. The monoisotopic (exact) mass is 482 g/mol. The highest BCUT2D eigenvalue weighted by atomic mass is 35.5. The van der Waals surface area contributed by atoms with Crippen molar-refractivity contribution in [2.45, 2.75) is 24.3 Å². The van der Waals surface area contributed by atoms with Gasteiger partial charge in [-0.2, -0.15) is 0 Å². The zero-order valence-electron chi connectivity index (χ0n) is 18.6. The largest absolute Gasteiger partial charge is 0.497 e. The average Bonchev–Trinajstić information content (AvgIpc) is 3.18. The number of fused-ring (bicyclic) bond motifs is 1. The van der Waals surface area contributed by atoms with E-state index in [4.69, 9.17) is 26.1 Å². The SMILES string of the molecule is COc1cc(OC)cc(-n2c(SC(C)C(=O)Nc3ncc(C)cc3Cl)nc3ccccc32)c1. The van der Waals surface area contributed by atoms with Gasteiger partial charge in [0.2, 0.25) is 5.91 Å². The first-order valence-corrected chi connectivity index (χ1v) is 11.5. The molecular weight excluding hydrogens is 460 g/mol. The van der Waals surface area contributed by atoms with Gasteiger partial charge in [0.1, 0.15) is 11.5 Å². The number of hydrogen-bond donors (Lipinski definition) is 1. The van der Waals surface area contributed by atoms with Crippen LogP contribution in [-0.4, -0.2) is 39.9 Å². The van der Waals surface area contributed by atoms with E-state index < -0.39 is 5.25 Å². The number of pyridine rings is 1. The molecule has 0 saturated heterocycles. The van der Waals surface area contributed by atoms with Gasteiger partial charge in [0.25, 0.3) is 0 Å². The van der Waals surface area contributed by atoms with Crippen molar-refractivity contribution in [2.24, 2.45) is 0 Å². The molecule has 2 heterocycles. The first-order valence-electron chi connectivity index (χ1n) is 10.2. The number of ether oxygens (including phenoxy) is 2. The van der Waals surface area contributed by atoms with Crippen LogP contribution in [0, 0.1) is 6.92 Å². The molecule has 170 valence electrons. The van der Waals surface area contributed by atoms with Gasteiger partial charge >= 0.3 is 0 Å². The number of methoxy groups -OCH3 is 2. The summed E-state index contributed by atoms with van der Waals surface area (Å²) in [4.78, 5) is 21.9. The zero-order chi connectivity index (χ0) is 23.5. The molecule has 9 heteroatoms. The molecule has 0 spiro atoms. The van der Waals surface area contributed by atoms with Crippen LogP contribution >= 0.6 is 23.4 Å². The predicted octanol–water partition coefficient (Wildman–Crippen LogP) is 5.52. The van der Waals surface area contributed by atoms with Crippen LogP contribution in [0.5, 0.6) is 11.5 Å². The number of benzene rings is 2. The number of thioether (sulfide) groups is 1. The number of hydrogen-bond acceptors (Lipinski definition) is 6. The van der Waals surface area contributed by atoms with Crippen molar-refractivity contribution in [1.29, 1.82) is 0 Å². The van der Waals surface area contributed by atoms with Crippen LogP contribution in [0.2, 0.25) is 5.02 Å². The lowest BCUT2D eigenvalue weighted by atomic mass is 10.2. The second kappa shape index (κ2) is 9.72. The standard InChI is InChI=1S/C24H23ClN4O3S/c1-14-9-19(25)22(26-13-14)28-23(30)15(2)33-24-27-20-7-5-6-8-21(20)29(24)16-10-17(31-3)12-18(11-16)32-4/h5-13,15H,1-4H3,(H,26,28,30). The molecule has 0 aliphatic heterocycles. The van der Waals surface area contributed by atoms with Crippen LogP contribution in [0.1, 0.15) is 12.5 Å². The molecule has 0 aliphatic carbocycles. The van der Waals surface area contributed by atoms with Gasteiger partial charge in [-0.05, 0) is 37.6 Å². The Labute approximate surface area is 201 Å². The summed E-state index contributed by atoms with van der Waals surface area (Å²) in [6.07, 6.45) is 1.66. The molecule has 4 aromatic rings. The van der Waals surface area contributed by atoms with E-state index in [0.29, 0.717) is 27.5 Å². The Bertz CT molecular complexity index is 1300. The number of halogens is 1. The number of aromatic nitrogens is 3. The summed E-state index contributed by atoms with van der Waals surface area (Å²) in [6, 6.07) is 15.2. The third kappa shape index (κ3) is 4.91. The molecule has 7 nitrogen and oxygen atoms in total. The second-order valence-electron chi connectivity index (χ2n) is 7.38. The maximum atomic E-state index is 12.9. The number of rotatable bonds is 7. The van der Waals surface area contributed by atoms with Gasteiger partial charge in [-0.1, -0.05) is 35.5 Å². The number of amides is 1. The molecule has 1 atom stereocenters. The van der Waals surface area contributed by atoms with Gasteiger partial charge in [0.15, 0.2) is 11.0 Å². The van der Waals surface area contributed by atoms with Crippen LogP contribution in [-0.2, 0) is 4.79 Å². The lowest BCUT2D eigenvalue weighted by molar-refractivity contribution is -0.115. The average molecular weight is 483 g/mol. The normalized spacial score (nSPS) is 11.9.